The van der Waals surface area contributed by atoms with Crippen molar-refractivity contribution in [3.63, 3.8) is 0 Å². The number of carbonyl (C=O) groups is 1. The molecular formula is C16H23O4. The van der Waals surface area contributed by atoms with Gasteiger partial charge >= 0.3 is 5.97 Å². The lowest BCUT2D eigenvalue weighted by Gasteiger charge is -2.21. The van der Waals surface area contributed by atoms with E-state index in [9.17, 15) is 4.79 Å². The Morgan fingerprint density at radius 3 is 2.35 bits per heavy atom. The standard InChI is InChI=1S/C16H23O4/c1-12(2)13-6-8-14(9-7-13)15(17)20-19-11-10-16(3,4)18-5/h6-9,11-12H,10H2,1-5H3. The minimum atomic E-state index is -0.508. The zero-order valence-corrected chi connectivity index (χ0v) is 12.8. The minimum absolute atomic E-state index is 0.342. The fraction of sp³-hybridized carbons (Fsp3) is 0.500. The molecule has 0 aromatic heterocycles. The van der Waals surface area contributed by atoms with E-state index in [-0.39, 0.29) is 5.60 Å². The smallest absolute Gasteiger partial charge is 0.373 e. The zero-order valence-electron chi connectivity index (χ0n) is 12.8. The van der Waals surface area contributed by atoms with Crippen molar-refractivity contribution in [1.82, 2.24) is 0 Å². The van der Waals surface area contributed by atoms with Crippen molar-refractivity contribution in [2.75, 3.05) is 7.11 Å². The maximum absolute atomic E-state index is 11.7. The Hall–Kier alpha value is -1.39. The summed E-state index contributed by atoms with van der Waals surface area (Å²) < 4.78 is 5.21. The highest BCUT2D eigenvalue weighted by molar-refractivity contribution is 5.88. The van der Waals surface area contributed by atoms with E-state index >= 15 is 0 Å². The molecule has 0 N–H and O–H groups in total. The van der Waals surface area contributed by atoms with Crippen LogP contribution in [0.15, 0.2) is 24.3 Å². The quantitative estimate of drug-likeness (QED) is 0.432. The second-order valence-corrected chi connectivity index (χ2v) is 5.58. The molecule has 1 aromatic carbocycles. The summed E-state index contributed by atoms with van der Waals surface area (Å²) in [5, 5.41) is 0. The van der Waals surface area contributed by atoms with Crippen LogP contribution in [0.4, 0.5) is 0 Å². The molecule has 20 heavy (non-hydrogen) atoms. The third kappa shape index (κ3) is 5.31. The van der Waals surface area contributed by atoms with Crippen LogP contribution in [0.2, 0.25) is 0 Å². The minimum Gasteiger partial charge on any atom is -0.379 e. The van der Waals surface area contributed by atoms with Crippen LogP contribution in [-0.4, -0.2) is 18.7 Å². The van der Waals surface area contributed by atoms with Gasteiger partial charge in [-0.1, -0.05) is 26.0 Å². The Labute approximate surface area is 121 Å². The third-order valence-electron chi connectivity index (χ3n) is 3.13. The molecule has 1 rings (SSSR count). The normalized spacial score (nSPS) is 11.7. The van der Waals surface area contributed by atoms with Crippen molar-refractivity contribution in [2.45, 2.75) is 45.6 Å². The Bertz CT molecular complexity index is 421. The fourth-order valence-electron chi connectivity index (χ4n) is 1.45. The summed E-state index contributed by atoms with van der Waals surface area (Å²) in [4.78, 5) is 21.3. The maximum atomic E-state index is 11.7. The number of benzene rings is 1. The molecule has 0 amide bonds. The predicted molar refractivity (Wildman–Crippen MR) is 77.0 cm³/mol. The molecule has 0 heterocycles. The number of methoxy groups -OCH3 is 1. The first-order chi connectivity index (χ1) is 9.35. The summed E-state index contributed by atoms with van der Waals surface area (Å²) in [7, 11) is 1.62. The van der Waals surface area contributed by atoms with Crippen LogP contribution in [0.25, 0.3) is 0 Å². The highest BCUT2D eigenvalue weighted by Crippen LogP contribution is 2.17. The van der Waals surface area contributed by atoms with E-state index in [0.717, 1.165) is 0 Å². The molecule has 0 aliphatic heterocycles. The lowest BCUT2D eigenvalue weighted by molar-refractivity contribution is -0.218. The number of rotatable bonds is 7. The lowest BCUT2D eigenvalue weighted by Crippen LogP contribution is -2.22. The highest BCUT2D eigenvalue weighted by atomic mass is 17.2. The summed E-state index contributed by atoms with van der Waals surface area (Å²) in [6.45, 7) is 9.45. The molecule has 4 nitrogen and oxygen atoms in total. The van der Waals surface area contributed by atoms with Crippen molar-refractivity contribution >= 4 is 5.97 Å². The van der Waals surface area contributed by atoms with Gasteiger partial charge in [-0.05, 0) is 37.5 Å². The van der Waals surface area contributed by atoms with E-state index in [4.69, 9.17) is 14.5 Å². The van der Waals surface area contributed by atoms with Crippen LogP contribution in [0.1, 0.15) is 56.0 Å². The van der Waals surface area contributed by atoms with Gasteiger partial charge in [0.2, 0.25) is 0 Å². The molecule has 0 saturated heterocycles. The molecule has 0 saturated carbocycles. The number of hydrogen-bond donors (Lipinski definition) is 0. The first-order valence-electron chi connectivity index (χ1n) is 6.70. The second kappa shape index (κ2) is 7.41. The van der Waals surface area contributed by atoms with Crippen LogP contribution in [0.3, 0.4) is 0 Å². The summed E-state index contributed by atoms with van der Waals surface area (Å²) in [5.41, 5.74) is 1.30. The van der Waals surface area contributed by atoms with E-state index < -0.39 is 5.97 Å². The zero-order chi connectivity index (χ0) is 15.2. The molecule has 1 aromatic rings. The van der Waals surface area contributed by atoms with Gasteiger partial charge in [-0.15, -0.1) is 0 Å². The van der Waals surface area contributed by atoms with Gasteiger partial charge in [-0.25, -0.2) is 4.79 Å². The van der Waals surface area contributed by atoms with Gasteiger partial charge in [0.15, 0.2) is 0 Å². The van der Waals surface area contributed by atoms with Gasteiger partial charge in [0.05, 0.1) is 11.2 Å². The molecule has 4 heteroatoms. The lowest BCUT2D eigenvalue weighted by atomic mass is 10.0. The second-order valence-electron chi connectivity index (χ2n) is 5.58. The number of carbonyl (C=O) groups excluding carboxylic acids is 1. The monoisotopic (exact) mass is 279 g/mol. The first-order valence-corrected chi connectivity index (χ1v) is 6.70. The van der Waals surface area contributed by atoms with E-state index in [1.165, 1.54) is 12.2 Å². The Morgan fingerprint density at radius 1 is 1.25 bits per heavy atom. The van der Waals surface area contributed by atoms with Crippen molar-refractivity contribution in [1.29, 1.82) is 0 Å². The molecule has 0 unspecified atom stereocenters. The van der Waals surface area contributed by atoms with Crippen LogP contribution < -0.4 is 0 Å². The van der Waals surface area contributed by atoms with E-state index in [0.29, 0.717) is 17.9 Å². The molecule has 111 valence electrons. The molecule has 0 fully saturated rings. The van der Waals surface area contributed by atoms with E-state index in [1.807, 2.05) is 26.0 Å². The molecule has 0 spiro atoms. The Balaban J connectivity index is 2.40. The van der Waals surface area contributed by atoms with Crippen molar-refractivity contribution < 1.29 is 19.3 Å². The Morgan fingerprint density at radius 2 is 1.85 bits per heavy atom. The van der Waals surface area contributed by atoms with Crippen LogP contribution in [-0.2, 0) is 14.5 Å². The fourth-order valence-corrected chi connectivity index (χ4v) is 1.45. The predicted octanol–water partition coefficient (Wildman–Crippen LogP) is 3.88. The SMILES string of the molecule is COC(C)(C)C[CH]OOC(=O)c1ccc(C(C)C)cc1. The summed E-state index contributed by atoms with van der Waals surface area (Å²) in [6.07, 6.45) is 0.517. The van der Waals surface area contributed by atoms with Gasteiger partial charge < -0.3 is 4.74 Å². The van der Waals surface area contributed by atoms with Gasteiger partial charge in [-0.2, -0.15) is 4.89 Å². The highest BCUT2D eigenvalue weighted by Gasteiger charge is 2.17. The molecule has 1 radical (unpaired) electrons. The van der Waals surface area contributed by atoms with Gasteiger partial charge in [-0.3, -0.25) is 4.89 Å². The first kappa shape index (κ1) is 16.7. The molecule has 0 aliphatic rings. The third-order valence-corrected chi connectivity index (χ3v) is 3.13. The molecule has 0 bridgehead atoms. The van der Waals surface area contributed by atoms with Crippen LogP contribution >= 0.6 is 0 Å². The average molecular weight is 279 g/mol. The summed E-state index contributed by atoms with van der Waals surface area (Å²) in [5.74, 6) is -0.0762. The average Bonchev–Trinajstić information content (AvgIpc) is 2.43. The van der Waals surface area contributed by atoms with Gasteiger partial charge in [0.1, 0.15) is 6.61 Å². The van der Waals surface area contributed by atoms with E-state index in [1.54, 1.807) is 19.2 Å². The number of hydrogen-bond acceptors (Lipinski definition) is 4. The Kier molecular flexibility index (Phi) is 6.17. The summed E-state index contributed by atoms with van der Waals surface area (Å²) >= 11 is 0. The van der Waals surface area contributed by atoms with Crippen molar-refractivity contribution in [3.05, 3.63) is 42.0 Å². The van der Waals surface area contributed by atoms with Crippen molar-refractivity contribution in [3.8, 4) is 0 Å². The molecule has 0 atom stereocenters. The topological polar surface area (TPSA) is 44.8 Å². The van der Waals surface area contributed by atoms with Crippen molar-refractivity contribution in [2.24, 2.45) is 0 Å². The van der Waals surface area contributed by atoms with Crippen LogP contribution in [0, 0.1) is 6.61 Å². The van der Waals surface area contributed by atoms with E-state index in [2.05, 4.69) is 13.8 Å². The van der Waals surface area contributed by atoms with Crippen LogP contribution in [0.5, 0.6) is 0 Å². The van der Waals surface area contributed by atoms with Gasteiger partial charge in [0.25, 0.3) is 0 Å². The molecule has 0 aliphatic carbocycles. The number of ether oxygens (including phenoxy) is 1. The van der Waals surface area contributed by atoms with Gasteiger partial charge in [0, 0.05) is 13.5 Å². The maximum Gasteiger partial charge on any atom is 0.373 e. The molecular weight excluding hydrogens is 256 g/mol. The summed E-state index contributed by atoms with van der Waals surface area (Å²) in [6, 6.07) is 7.30. The largest absolute Gasteiger partial charge is 0.379 e.